The maximum absolute atomic E-state index is 5.18. The van der Waals surface area contributed by atoms with Crippen LogP contribution in [-0.4, -0.2) is 26.8 Å². The minimum atomic E-state index is 0.700. The summed E-state index contributed by atoms with van der Waals surface area (Å²) in [5.41, 5.74) is 2.81. The molecule has 1 unspecified atom stereocenters. The van der Waals surface area contributed by atoms with E-state index < -0.39 is 0 Å². The second kappa shape index (κ2) is 9.95. The van der Waals surface area contributed by atoms with E-state index in [9.17, 15) is 0 Å². The van der Waals surface area contributed by atoms with Crippen LogP contribution < -0.4 is 5.32 Å². The molecule has 1 aromatic carbocycles. The van der Waals surface area contributed by atoms with Gasteiger partial charge in [0.1, 0.15) is 0 Å². The Morgan fingerprint density at radius 3 is 2.65 bits per heavy atom. The van der Waals surface area contributed by atoms with E-state index in [2.05, 4.69) is 50.4 Å². The molecule has 0 fully saturated rings. The minimum absolute atomic E-state index is 0.700. The molecule has 2 nitrogen and oxygen atoms in total. The molecule has 0 aliphatic heterocycles. The predicted octanol–water partition coefficient (Wildman–Crippen LogP) is 3.83. The van der Waals surface area contributed by atoms with Gasteiger partial charge in [-0.05, 0) is 56.7 Å². The third-order valence-electron chi connectivity index (χ3n) is 3.55. The SMILES string of the molecule is COCCCC(CNCC(C)C)Cc1cccc(C)c1. The van der Waals surface area contributed by atoms with Gasteiger partial charge in [0.2, 0.25) is 0 Å². The average molecular weight is 277 g/mol. The molecular formula is C18H31NO. The molecule has 0 saturated heterocycles. The van der Waals surface area contributed by atoms with Crippen LogP contribution in [0.1, 0.15) is 37.8 Å². The highest BCUT2D eigenvalue weighted by atomic mass is 16.5. The van der Waals surface area contributed by atoms with E-state index in [1.807, 2.05) is 0 Å². The van der Waals surface area contributed by atoms with Gasteiger partial charge >= 0.3 is 0 Å². The number of hydrogen-bond acceptors (Lipinski definition) is 2. The van der Waals surface area contributed by atoms with Crippen LogP contribution in [0, 0.1) is 18.8 Å². The lowest BCUT2D eigenvalue weighted by atomic mass is 9.94. The fourth-order valence-electron chi connectivity index (χ4n) is 2.54. The van der Waals surface area contributed by atoms with Gasteiger partial charge in [0, 0.05) is 13.7 Å². The summed E-state index contributed by atoms with van der Waals surface area (Å²) in [6, 6.07) is 8.89. The van der Waals surface area contributed by atoms with Crippen LogP contribution in [0.25, 0.3) is 0 Å². The summed E-state index contributed by atoms with van der Waals surface area (Å²) in [6.45, 7) is 9.76. The monoisotopic (exact) mass is 277 g/mol. The maximum atomic E-state index is 5.18. The van der Waals surface area contributed by atoms with E-state index in [1.54, 1.807) is 7.11 Å². The molecule has 1 rings (SSSR count). The summed E-state index contributed by atoms with van der Waals surface area (Å²) in [5.74, 6) is 1.42. The summed E-state index contributed by atoms with van der Waals surface area (Å²) in [7, 11) is 1.78. The Balaban J connectivity index is 2.47. The lowest BCUT2D eigenvalue weighted by molar-refractivity contribution is 0.186. The average Bonchev–Trinajstić information content (AvgIpc) is 2.38. The molecule has 1 aromatic rings. The number of benzene rings is 1. The van der Waals surface area contributed by atoms with Crippen LogP contribution in [0.5, 0.6) is 0 Å². The third-order valence-corrected chi connectivity index (χ3v) is 3.55. The maximum Gasteiger partial charge on any atom is 0.0462 e. The largest absolute Gasteiger partial charge is 0.385 e. The number of rotatable bonds is 10. The fraction of sp³-hybridized carbons (Fsp3) is 0.667. The van der Waals surface area contributed by atoms with Crippen molar-refractivity contribution in [2.24, 2.45) is 11.8 Å². The van der Waals surface area contributed by atoms with Gasteiger partial charge in [0.25, 0.3) is 0 Å². The Morgan fingerprint density at radius 1 is 1.20 bits per heavy atom. The quantitative estimate of drug-likeness (QED) is 0.656. The Bertz CT molecular complexity index is 362. The molecular weight excluding hydrogens is 246 g/mol. The van der Waals surface area contributed by atoms with E-state index in [0.29, 0.717) is 11.8 Å². The van der Waals surface area contributed by atoms with Gasteiger partial charge < -0.3 is 10.1 Å². The molecule has 0 bridgehead atoms. The Hall–Kier alpha value is -0.860. The molecule has 0 radical (unpaired) electrons. The topological polar surface area (TPSA) is 21.3 Å². The summed E-state index contributed by atoms with van der Waals surface area (Å²) in [4.78, 5) is 0. The summed E-state index contributed by atoms with van der Waals surface area (Å²) in [6.07, 6.45) is 3.54. The number of hydrogen-bond donors (Lipinski definition) is 1. The molecule has 0 spiro atoms. The molecule has 0 aliphatic rings. The standard InChI is InChI=1S/C18H31NO/c1-15(2)13-19-14-18(9-6-10-20-4)12-17-8-5-7-16(3)11-17/h5,7-8,11,15,18-19H,6,9-10,12-14H2,1-4H3. The van der Waals surface area contributed by atoms with Gasteiger partial charge in [-0.3, -0.25) is 0 Å². The number of aryl methyl sites for hydroxylation is 1. The van der Waals surface area contributed by atoms with Crippen molar-refractivity contribution in [2.45, 2.75) is 40.0 Å². The molecule has 0 saturated carbocycles. The van der Waals surface area contributed by atoms with Gasteiger partial charge in [0.15, 0.2) is 0 Å². The van der Waals surface area contributed by atoms with Crippen LogP contribution in [0.15, 0.2) is 24.3 Å². The number of methoxy groups -OCH3 is 1. The highest BCUT2D eigenvalue weighted by Gasteiger charge is 2.10. The van der Waals surface area contributed by atoms with Crippen molar-refractivity contribution < 1.29 is 4.74 Å². The summed E-state index contributed by atoms with van der Waals surface area (Å²) in [5, 5.41) is 3.61. The lowest BCUT2D eigenvalue weighted by Crippen LogP contribution is -2.27. The second-order valence-corrected chi connectivity index (χ2v) is 6.25. The van der Waals surface area contributed by atoms with Gasteiger partial charge in [-0.15, -0.1) is 0 Å². The summed E-state index contributed by atoms with van der Waals surface area (Å²) < 4.78 is 5.18. The third kappa shape index (κ3) is 7.66. The Labute approximate surface area is 124 Å². The van der Waals surface area contributed by atoms with Crippen molar-refractivity contribution >= 4 is 0 Å². The predicted molar refractivity (Wildman–Crippen MR) is 87.2 cm³/mol. The molecule has 114 valence electrons. The molecule has 20 heavy (non-hydrogen) atoms. The van der Waals surface area contributed by atoms with Crippen LogP contribution in [0.3, 0.4) is 0 Å². The first-order valence-corrected chi connectivity index (χ1v) is 7.87. The van der Waals surface area contributed by atoms with Crippen LogP contribution in [0.4, 0.5) is 0 Å². The number of ether oxygens (including phenoxy) is 1. The highest BCUT2D eigenvalue weighted by Crippen LogP contribution is 2.15. The zero-order valence-corrected chi connectivity index (χ0v) is 13.6. The lowest BCUT2D eigenvalue weighted by Gasteiger charge is -2.19. The van der Waals surface area contributed by atoms with Crippen LogP contribution in [0.2, 0.25) is 0 Å². The summed E-state index contributed by atoms with van der Waals surface area (Å²) >= 11 is 0. The van der Waals surface area contributed by atoms with E-state index in [4.69, 9.17) is 4.74 Å². The van der Waals surface area contributed by atoms with Gasteiger partial charge in [0.05, 0.1) is 0 Å². The first-order valence-electron chi connectivity index (χ1n) is 7.87. The van der Waals surface area contributed by atoms with Crippen molar-refractivity contribution in [1.29, 1.82) is 0 Å². The number of nitrogens with one attached hydrogen (secondary N) is 1. The molecule has 2 heteroatoms. The molecule has 1 N–H and O–H groups in total. The second-order valence-electron chi connectivity index (χ2n) is 6.25. The van der Waals surface area contributed by atoms with Crippen molar-refractivity contribution in [3.05, 3.63) is 35.4 Å². The highest BCUT2D eigenvalue weighted by molar-refractivity contribution is 5.22. The van der Waals surface area contributed by atoms with E-state index in [0.717, 1.165) is 32.5 Å². The van der Waals surface area contributed by atoms with Gasteiger partial charge in [-0.2, -0.15) is 0 Å². The first-order chi connectivity index (χ1) is 9.61. The van der Waals surface area contributed by atoms with Crippen molar-refractivity contribution in [1.82, 2.24) is 5.32 Å². The smallest absolute Gasteiger partial charge is 0.0462 e. The fourth-order valence-corrected chi connectivity index (χ4v) is 2.54. The molecule has 0 heterocycles. The molecule has 0 aromatic heterocycles. The normalized spacial score (nSPS) is 12.8. The molecule has 1 atom stereocenters. The van der Waals surface area contributed by atoms with Crippen molar-refractivity contribution in [2.75, 3.05) is 26.8 Å². The van der Waals surface area contributed by atoms with Crippen LogP contribution >= 0.6 is 0 Å². The Kier molecular flexibility index (Phi) is 8.56. The minimum Gasteiger partial charge on any atom is -0.385 e. The first kappa shape index (κ1) is 17.2. The Morgan fingerprint density at radius 2 is 2.00 bits per heavy atom. The zero-order valence-electron chi connectivity index (χ0n) is 13.6. The molecule has 0 aliphatic carbocycles. The molecule has 0 amide bonds. The van der Waals surface area contributed by atoms with Crippen molar-refractivity contribution in [3.8, 4) is 0 Å². The van der Waals surface area contributed by atoms with Crippen molar-refractivity contribution in [3.63, 3.8) is 0 Å². The van der Waals surface area contributed by atoms with Gasteiger partial charge in [-0.1, -0.05) is 43.7 Å². The van der Waals surface area contributed by atoms with Gasteiger partial charge in [-0.25, -0.2) is 0 Å². The van der Waals surface area contributed by atoms with E-state index >= 15 is 0 Å². The van der Waals surface area contributed by atoms with Crippen LogP contribution in [-0.2, 0) is 11.2 Å². The van der Waals surface area contributed by atoms with E-state index in [1.165, 1.54) is 17.5 Å². The zero-order chi connectivity index (χ0) is 14.8. The van der Waals surface area contributed by atoms with E-state index in [-0.39, 0.29) is 0 Å².